The second-order valence-electron chi connectivity index (χ2n) is 6.40. The Kier molecular flexibility index (Phi) is 3.32. The molecule has 2 atom stereocenters. The lowest BCUT2D eigenvalue weighted by atomic mass is 10.2. The fraction of sp³-hybridized carbons (Fsp3) is 0.769. The van der Waals surface area contributed by atoms with Gasteiger partial charge < -0.3 is 14.5 Å². The van der Waals surface area contributed by atoms with Crippen LogP contribution in [-0.2, 0) is 4.74 Å². The SMILES string of the molecule is CC(C)(C)OC(=O)N1CC2CCC(C1)N2c1nncs1. The van der Waals surface area contributed by atoms with Crippen molar-refractivity contribution in [3.05, 3.63) is 5.51 Å². The van der Waals surface area contributed by atoms with Crippen LogP contribution in [0.5, 0.6) is 0 Å². The molecule has 2 saturated heterocycles. The molecule has 1 aromatic rings. The van der Waals surface area contributed by atoms with Crippen molar-refractivity contribution in [1.82, 2.24) is 15.1 Å². The molecule has 0 N–H and O–H groups in total. The van der Waals surface area contributed by atoms with Crippen LogP contribution >= 0.6 is 11.3 Å². The predicted octanol–water partition coefficient (Wildman–Crippen LogP) is 2.13. The van der Waals surface area contributed by atoms with Gasteiger partial charge in [0.05, 0.1) is 0 Å². The normalized spacial score (nSPS) is 25.9. The average Bonchev–Trinajstić information content (AvgIpc) is 2.92. The maximum atomic E-state index is 12.2. The smallest absolute Gasteiger partial charge is 0.410 e. The number of likely N-dealkylation sites (tertiary alicyclic amines) is 1. The molecule has 2 bridgehead atoms. The number of carbonyl (C=O) groups is 1. The number of anilines is 1. The van der Waals surface area contributed by atoms with Crippen molar-refractivity contribution in [2.24, 2.45) is 0 Å². The minimum atomic E-state index is -0.438. The van der Waals surface area contributed by atoms with E-state index in [1.165, 1.54) is 0 Å². The van der Waals surface area contributed by atoms with E-state index in [2.05, 4.69) is 15.1 Å². The van der Waals surface area contributed by atoms with Crippen molar-refractivity contribution >= 4 is 22.6 Å². The molecule has 0 spiro atoms. The second-order valence-corrected chi connectivity index (χ2v) is 7.21. The Morgan fingerprint density at radius 2 is 2.00 bits per heavy atom. The summed E-state index contributed by atoms with van der Waals surface area (Å²) in [7, 11) is 0. The number of hydrogen-bond donors (Lipinski definition) is 0. The monoisotopic (exact) mass is 296 g/mol. The van der Waals surface area contributed by atoms with E-state index in [1.807, 2.05) is 25.7 Å². The summed E-state index contributed by atoms with van der Waals surface area (Å²) >= 11 is 1.57. The number of nitrogens with zero attached hydrogens (tertiary/aromatic N) is 4. The maximum absolute atomic E-state index is 12.2. The van der Waals surface area contributed by atoms with Gasteiger partial charge in [0.1, 0.15) is 11.1 Å². The molecular formula is C13H20N4O2S. The highest BCUT2D eigenvalue weighted by Gasteiger charge is 2.43. The molecule has 0 saturated carbocycles. The first-order valence-electron chi connectivity index (χ1n) is 6.96. The van der Waals surface area contributed by atoms with E-state index in [0.29, 0.717) is 25.2 Å². The van der Waals surface area contributed by atoms with E-state index >= 15 is 0 Å². The quantitative estimate of drug-likeness (QED) is 0.794. The summed E-state index contributed by atoms with van der Waals surface area (Å²) in [4.78, 5) is 16.4. The first-order valence-corrected chi connectivity index (χ1v) is 7.84. The van der Waals surface area contributed by atoms with Gasteiger partial charge in [-0.15, -0.1) is 10.2 Å². The van der Waals surface area contributed by atoms with Gasteiger partial charge in [-0.2, -0.15) is 0 Å². The largest absolute Gasteiger partial charge is 0.444 e. The second kappa shape index (κ2) is 4.87. The lowest BCUT2D eigenvalue weighted by Crippen LogP contribution is -2.56. The molecule has 3 heterocycles. The molecule has 0 radical (unpaired) electrons. The standard InChI is InChI=1S/C13H20N4O2S/c1-13(2,3)19-12(18)16-6-9-4-5-10(7-16)17(9)11-15-14-8-20-11/h8-10H,4-7H2,1-3H3. The molecule has 2 unspecified atom stereocenters. The fourth-order valence-electron chi connectivity index (χ4n) is 2.97. The van der Waals surface area contributed by atoms with Crippen LogP contribution < -0.4 is 4.90 Å². The Morgan fingerprint density at radius 1 is 1.35 bits per heavy atom. The highest BCUT2D eigenvalue weighted by molar-refractivity contribution is 7.13. The first-order chi connectivity index (χ1) is 9.44. The third-order valence-electron chi connectivity index (χ3n) is 3.70. The van der Waals surface area contributed by atoms with Crippen molar-refractivity contribution in [3.8, 4) is 0 Å². The van der Waals surface area contributed by atoms with Gasteiger partial charge in [0, 0.05) is 25.2 Å². The Bertz CT molecular complexity index is 471. The van der Waals surface area contributed by atoms with Gasteiger partial charge in [-0.3, -0.25) is 0 Å². The molecule has 20 heavy (non-hydrogen) atoms. The lowest BCUT2D eigenvalue weighted by molar-refractivity contribution is 0.0209. The van der Waals surface area contributed by atoms with Crippen LogP contribution in [0, 0.1) is 0 Å². The van der Waals surface area contributed by atoms with Crippen LogP contribution in [0.2, 0.25) is 0 Å². The average molecular weight is 296 g/mol. The molecule has 1 aromatic heterocycles. The van der Waals surface area contributed by atoms with Crippen molar-refractivity contribution in [1.29, 1.82) is 0 Å². The third kappa shape index (κ3) is 2.59. The van der Waals surface area contributed by atoms with Gasteiger partial charge in [-0.1, -0.05) is 11.3 Å². The number of aromatic nitrogens is 2. The van der Waals surface area contributed by atoms with Crippen molar-refractivity contribution in [2.45, 2.75) is 51.3 Å². The van der Waals surface area contributed by atoms with E-state index in [1.54, 1.807) is 16.8 Å². The highest BCUT2D eigenvalue weighted by Crippen LogP contribution is 2.35. The lowest BCUT2D eigenvalue weighted by Gasteiger charge is -2.40. The topological polar surface area (TPSA) is 58.6 Å². The Hall–Kier alpha value is -1.37. The molecule has 3 rings (SSSR count). The minimum absolute atomic E-state index is 0.202. The molecule has 7 heteroatoms. The third-order valence-corrected chi connectivity index (χ3v) is 4.41. The summed E-state index contributed by atoms with van der Waals surface area (Å²) in [6.07, 6.45) is 2.00. The van der Waals surface area contributed by atoms with E-state index in [9.17, 15) is 4.79 Å². The molecule has 0 aromatic carbocycles. The molecule has 2 fully saturated rings. The number of ether oxygens (including phenoxy) is 1. The Balaban J connectivity index is 1.69. The van der Waals surface area contributed by atoms with Crippen LogP contribution in [0.25, 0.3) is 0 Å². The van der Waals surface area contributed by atoms with Crippen molar-refractivity contribution in [2.75, 3.05) is 18.0 Å². The zero-order valence-corrected chi connectivity index (χ0v) is 12.9. The number of rotatable bonds is 1. The zero-order valence-electron chi connectivity index (χ0n) is 12.1. The number of hydrogen-bond acceptors (Lipinski definition) is 6. The van der Waals surface area contributed by atoms with Crippen LogP contribution in [0.4, 0.5) is 9.93 Å². The number of fused-ring (bicyclic) bond motifs is 2. The Morgan fingerprint density at radius 3 is 2.50 bits per heavy atom. The van der Waals surface area contributed by atoms with Gasteiger partial charge in [0.25, 0.3) is 0 Å². The number of amides is 1. The van der Waals surface area contributed by atoms with Crippen LogP contribution in [-0.4, -0.2) is 52.0 Å². The fourth-order valence-corrected chi connectivity index (χ4v) is 3.67. The summed E-state index contributed by atoms with van der Waals surface area (Å²) in [5.41, 5.74) is 1.32. The van der Waals surface area contributed by atoms with E-state index in [-0.39, 0.29) is 6.09 Å². The van der Waals surface area contributed by atoms with Gasteiger partial charge >= 0.3 is 6.09 Å². The van der Waals surface area contributed by atoms with Crippen molar-refractivity contribution < 1.29 is 9.53 Å². The minimum Gasteiger partial charge on any atom is -0.444 e. The summed E-state index contributed by atoms with van der Waals surface area (Å²) in [5, 5.41) is 9.06. The predicted molar refractivity (Wildman–Crippen MR) is 77.0 cm³/mol. The maximum Gasteiger partial charge on any atom is 0.410 e. The van der Waals surface area contributed by atoms with E-state index < -0.39 is 5.60 Å². The van der Waals surface area contributed by atoms with Crippen LogP contribution in [0.3, 0.4) is 0 Å². The van der Waals surface area contributed by atoms with Crippen molar-refractivity contribution in [3.63, 3.8) is 0 Å². The summed E-state index contributed by atoms with van der Waals surface area (Å²) in [6, 6.07) is 0.684. The summed E-state index contributed by atoms with van der Waals surface area (Å²) < 4.78 is 5.47. The van der Waals surface area contributed by atoms with Crippen LogP contribution in [0.15, 0.2) is 5.51 Å². The zero-order chi connectivity index (χ0) is 14.3. The molecule has 2 aliphatic rings. The Labute approximate surface area is 122 Å². The molecule has 6 nitrogen and oxygen atoms in total. The molecular weight excluding hydrogens is 276 g/mol. The van der Waals surface area contributed by atoms with E-state index in [4.69, 9.17) is 4.74 Å². The van der Waals surface area contributed by atoms with Gasteiger partial charge in [-0.25, -0.2) is 4.79 Å². The molecule has 1 amide bonds. The van der Waals surface area contributed by atoms with Gasteiger partial charge in [0.2, 0.25) is 5.13 Å². The van der Waals surface area contributed by atoms with Gasteiger partial charge in [0.15, 0.2) is 0 Å². The molecule has 110 valence electrons. The summed E-state index contributed by atoms with van der Waals surface area (Å²) in [5.74, 6) is 0. The molecule has 2 aliphatic heterocycles. The summed E-state index contributed by atoms with van der Waals surface area (Å²) in [6.45, 7) is 7.13. The van der Waals surface area contributed by atoms with E-state index in [0.717, 1.165) is 18.0 Å². The first kappa shape index (κ1) is 13.6. The highest BCUT2D eigenvalue weighted by atomic mass is 32.1. The number of carbonyl (C=O) groups excluding carboxylic acids is 1. The van der Waals surface area contributed by atoms with Gasteiger partial charge in [-0.05, 0) is 33.6 Å². The van der Waals surface area contributed by atoms with Crippen LogP contribution in [0.1, 0.15) is 33.6 Å². The molecule has 0 aliphatic carbocycles. The number of piperazine rings is 1.